The Morgan fingerprint density at radius 2 is 1.62 bits per heavy atom. The summed E-state index contributed by atoms with van der Waals surface area (Å²) < 4.78 is 0. The van der Waals surface area contributed by atoms with Crippen molar-refractivity contribution >= 4 is 17.5 Å². The lowest BCUT2D eigenvalue weighted by Crippen LogP contribution is -2.44. The number of benzene rings is 1. The van der Waals surface area contributed by atoms with Crippen molar-refractivity contribution in [3.63, 3.8) is 0 Å². The third-order valence-corrected chi connectivity index (χ3v) is 5.53. The second-order valence-corrected chi connectivity index (χ2v) is 7.24. The zero-order chi connectivity index (χ0) is 16.9. The lowest BCUT2D eigenvalue weighted by molar-refractivity contribution is -0.139. The number of carbonyl (C=O) groups is 2. The largest absolute Gasteiger partial charge is 0.342 e. The first-order chi connectivity index (χ1) is 11.6. The molecule has 24 heavy (non-hydrogen) atoms. The van der Waals surface area contributed by atoms with E-state index in [0.717, 1.165) is 50.0 Å². The standard InChI is InChI=1S/C20H28N2O2/c1-15-7-5-6-10-18(15)21-19(23)16-11-13-22(14-12-16)20(24)17-8-3-2-4-9-17/h5-7,10,16-17H,2-4,8-9,11-14H2,1H3,(H,21,23). The average Bonchev–Trinajstić information content (AvgIpc) is 2.64. The Hall–Kier alpha value is -1.84. The summed E-state index contributed by atoms with van der Waals surface area (Å²) >= 11 is 0. The van der Waals surface area contributed by atoms with Gasteiger partial charge in [-0.3, -0.25) is 9.59 Å². The van der Waals surface area contributed by atoms with Crippen LogP contribution >= 0.6 is 0 Å². The molecule has 4 heteroatoms. The third kappa shape index (κ3) is 3.97. The van der Waals surface area contributed by atoms with Gasteiger partial charge < -0.3 is 10.2 Å². The molecule has 2 amide bonds. The summed E-state index contributed by atoms with van der Waals surface area (Å²) in [5.74, 6) is 0.664. The van der Waals surface area contributed by atoms with Gasteiger partial charge >= 0.3 is 0 Å². The molecule has 0 unspecified atom stereocenters. The fourth-order valence-corrected chi connectivity index (χ4v) is 3.92. The number of anilines is 1. The maximum absolute atomic E-state index is 12.6. The quantitative estimate of drug-likeness (QED) is 0.918. The fourth-order valence-electron chi connectivity index (χ4n) is 3.92. The monoisotopic (exact) mass is 328 g/mol. The minimum atomic E-state index is 0.0139. The third-order valence-electron chi connectivity index (χ3n) is 5.53. The van der Waals surface area contributed by atoms with E-state index in [9.17, 15) is 9.59 Å². The van der Waals surface area contributed by atoms with Crippen molar-refractivity contribution in [1.82, 2.24) is 4.90 Å². The zero-order valence-electron chi connectivity index (χ0n) is 14.6. The van der Waals surface area contributed by atoms with Crippen molar-refractivity contribution in [2.45, 2.75) is 51.9 Å². The van der Waals surface area contributed by atoms with Gasteiger partial charge in [-0.2, -0.15) is 0 Å². The van der Waals surface area contributed by atoms with Gasteiger partial charge in [-0.25, -0.2) is 0 Å². The van der Waals surface area contributed by atoms with Crippen LogP contribution < -0.4 is 5.32 Å². The van der Waals surface area contributed by atoms with Gasteiger partial charge in [-0.1, -0.05) is 37.5 Å². The number of para-hydroxylation sites is 1. The zero-order valence-corrected chi connectivity index (χ0v) is 14.6. The smallest absolute Gasteiger partial charge is 0.227 e. The van der Waals surface area contributed by atoms with Crippen molar-refractivity contribution in [1.29, 1.82) is 0 Å². The molecule has 3 rings (SSSR count). The van der Waals surface area contributed by atoms with Crippen molar-refractivity contribution in [2.24, 2.45) is 11.8 Å². The van der Waals surface area contributed by atoms with Crippen LogP contribution in [-0.4, -0.2) is 29.8 Å². The number of hydrogen-bond donors (Lipinski definition) is 1. The predicted octanol–water partition coefficient (Wildman–Crippen LogP) is 3.75. The molecule has 1 aliphatic heterocycles. The first-order valence-electron chi connectivity index (χ1n) is 9.30. The van der Waals surface area contributed by atoms with E-state index in [0.29, 0.717) is 5.91 Å². The van der Waals surface area contributed by atoms with Crippen LogP contribution in [-0.2, 0) is 9.59 Å². The highest BCUT2D eigenvalue weighted by Crippen LogP contribution is 2.28. The topological polar surface area (TPSA) is 49.4 Å². The minimum Gasteiger partial charge on any atom is -0.342 e. The van der Waals surface area contributed by atoms with E-state index in [-0.39, 0.29) is 17.7 Å². The molecule has 0 atom stereocenters. The van der Waals surface area contributed by atoms with Crippen molar-refractivity contribution in [3.8, 4) is 0 Å². The van der Waals surface area contributed by atoms with Gasteiger partial charge in [0.15, 0.2) is 0 Å². The maximum atomic E-state index is 12.6. The summed E-state index contributed by atoms with van der Waals surface area (Å²) in [7, 11) is 0. The normalized spacial score (nSPS) is 20.0. The van der Waals surface area contributed by atoms with Gasteiger partial charge in [-0.15, -0.1) is 0 Å². The number of hydrogen-bond acceptors (Lipinski definition) is 2. The van der Waals surface area contributed by atoms with Crippen LogP contribution in [0.15, 0.2) is 24.3 Å². The summed E-state index contributed by atoms with van der Waals surface area (Å²) in [5, 5.41) is 3.04. The van der Waals surface area contributed by atoms with Gasteiger partial charge in [0.2, 0.25) is 11.8 Å². The van der Waals surface area contributed by atoms with E-state index in [1.807, 2.05) is 36.1 Å². The van der Waals surface area contributed by atoms with Crippen LogP contribution in [0.1, 0.15) is 50.5 Å². The molecule has 1 aromatic carbocycles. The number of nitrogens with zero attached hydrogens (tertiary/aromatic N) is 1. The molecule has 1 heterocycles. The Morgan fingerprint density at radius 1 is 0.958 bits per heavy atom. The average molecular weight is 328 g/mol. The van der Waals surface area contributed by atoms with Gasteiger partial charge in [0, 0.05) is 30.6 Å². The molecule has 1 N–H and O–H groups in total. The molecule has 2 aliphatic rings. The maximum Gasteiger partial charge on any atom is 0.227 e. The van der Waals surface area contributed by atoms with Gasteiger partial charge in [0.25, 0.3) is 0 Å². The summed E-state index contributed by atoms with van der Waals surface area (Å²) in [6, 6.07) is 7.85. The summed E-state index contributed by atoms with van der Waals surface area (Å²) in [6.07, 6.45) is 7.29. The van der Waals surface area contributed by atoms with Gasteiger partial charge in [-0.05, 0) is 44.2 Å². The molecule has 4 nitrogen and oxygen atoms in total. The lowest BCUT2D eigenvalue weighted by Gasteiger charge is -2.34. The Labute approximate surface area is 144 Å². The van der Waals surface area contributed by atoms with Crippen LogP contribution in [0, 0.1) is 18.8 Å². The number of amides is 2. The number of rotatable bonds is 3. The molecule has 2 fully saturated rings. The first-order valence-corrected chi connectivity index (χ1v) is 9.30. The van der Waals surface area contributed by atoms with E-state index in [1.54, 1.807) is 0 Å². The fraction of sp³-hybridized carbons (Fsp3) is 0.600. The van der Waals surface area contributed by atoms with E-state index in [2.05, 4.69) is 5.32 Å². The SMILES string of the molecule is Cc1ccccc1NC(=O)C1CCN(C(=O)C2CCCCC2)CC1. The molecule has 1 saturated heterocycles. The number of piperidine rings is 1. The van der Waals surface area contributed by atoms with Crippen LogP contribution in [0.3, 0.4) is 0 Å². The second kappa shape index (κ2) is 7.82. The van der Waals surface area contributed by atoms with Crippen LogP contribution in [0.4, 0.5) is 5.69 Å². The number of aryl methyl sites for hydroxylation is 1. The van der Waals surface area contributed by atoms with Crippen LogP contribution in [0.25, 0.3) is 0 Å². The molecular weight excluding hydrogens is 300 g/mol. The molecule has 1 aliphatic carbocycles. The molecular formula is C20H28N2O2. The molecule has 0 radical (unpaired) electrons. The van der Waals surface area contributed by atoms with Crippen molar-refractivity contribution < 1.29 is 9.59 Å². The van der Waals surface area contributed by atoms with E-state index >= 15 is 0 Å². The Kier molecular flexibility index (Phi) is 5.54. The number of carbonyl (C=O) groups excluding carboxylic acids is 2. The molecule has 0 spiro atoms. The number of nitrogens with one attached hydrogen (secondary N) is 1. The van der Waals surface area contributed by atoms with E-state index < -0.39 is 0 Å². The predicted molar refractivity (Wildman–Crippen MR) is 95.7 cm³/mol. The summed E-state index contributed by atoms with van der Waals surface area (Å²) in [5.41, 5.74) is 1.97. The highest BCUT2D eigenvalue weighted by atomic mass is 16.2. The summed E-state index contributed by atoms with van der Waals surface area (Å²) in [6.45, 7) is 3.45. The van der Waals surface area contributed by atoms with E-state index in [4.69, 9.17) is 0 Å². The molecule has 0 aromatic heterocycles. The number of likely N-dealkylation sites (tertiary alicyclic amines) is 1. The van der Waals surface area contributed by atoms with Gasteiger partial charge in [0.1, 0.15) is 0 Å². The molecule has 1 aromatic rings. The second-order valence-electron chi connectivity index (χ2n) is 7.24. The van der Waals surface area contributed by atoms with Crippen LogP contribution in [0.5, 0.6) is 0 Å². The molecule has 0 bridgehead atoms. The molecule has 1 saturated carbocycles. The summed E-state index contributed by atoms with van der Waals surface area (Å²) in [4.78, 5) is 27.1. The van der Waals surface area contributed by atoms with Crippen LogP contribution in [0.2, 0.25) is 0 Å². The van der Waals surface area contributed by atoms with E-state index in [1.165, 1.54) is 19.3 Å². The van der Waals surface area contributed by atoms with Crippen molar-refractivity contribution in [2.75, 3.05) is 18.4 Å². The Bertz CT molecular complexity index is 585. The van der Waals surface area contributed by atoms with Crippen molar-refractivity contribution in [3.05, 3.63) is 29.8 Å². The minimum absolute atomic E-state index is 0.0139. The first kappa shape index (κ1) is 17.0. The lowest BCUT2D eigenvalue weighted by atomic mass is 9.87. The van der Waals surface area contributed by atoms with Gasteiger partial charge in [0.05, 0.1) is 0 Å². The highest BCUT2D eigenvalue weighted by molar-refractivity contribution is 5.93. The highest BCUT2D eigenvalue weighted by Gasteiger charge is 2.31. The molecule has 130 valence electrons. The Balaban J connectivity index is 1.50. The Morgan fingerprint density at radius 3 is 2.29 bits per heavy atom.